The van der Waals surface area contributed by atoms with Crippen LogP contribution in [0, 0.1) is 0 Å². The molecule has 38 heavy (non-hydrogen) atoms. The zero-order valence-corrected chi connectivity index (χ0v) is 29.2. The van der Waals surface area contributed by atoms with Gasteiger partial charge >= 0.3 is 0 Å². The number of rotatable bonds is 7. The van der Waals surface area contributed by atoms with Crippen LogP contribution in [0.5, 0.6) is 11.5 Å². The summed E-state index contributed by atoms with van der Waals surface area (Å²) < 4.78 is 12.0. The Labute approximate surface area is 238 Å². The topological polar surface area (TPSA) is 18.5 Å². The molecule has 0 saturated heterocycles. The number of hydrogen-bond acceptors (Lipinski definition) is 2. The molecule has 214 valence electrons. The molecule has 0 spiro atoms. The Morgan fingerprint density at radius 2 is 0.684 bits per heavy atom. The summed E-state index contributed by atoms with van der Waals surface area (Å²) in [7, 11) is 3.10. The molecule has 0 aliphatic rings. The van der Waals surface area contributed by atoms with E-state index in [1.165, 1.54) is 45.2 Å². The molecule has 0 amide bonds. The second-order valence-electron chi connectivity index (χ2n) is 15.0. The fraction of sp³-hybridized carbons (Fsp3) is 0.647. The van der Waals surface area contributed by atoms with Crippen molar-refractivity contribution in [1.29, 1.82) is 0 Å². The zero-order chi connectivity index (χ0) is 29.4. The normalized spacial score (nSPS) is 14.8. The minimum Gasteiger partial charge on any atom is -0.496 e. The molecular formula is C34H56O2P2. The zero-order valence-electron chi connectivity index (χ0n) is 27.4. The van der Waals surface area contributed by atoms with Crippen molar-refractivity contribution < 1.29 is 9.47 Å². The van der Waals surface area contributed by atoms with E-state index < -0.39 is 0 Å². The van der Waals surface area contributed by atoms with Crippen molar-refractivity contribution in [2.75, 3.05) is 39.9 Å². The van der Waals surface area contributed by atoms with Gasteiger partial charge in [0.15, 0.2) is 0 Å². The third-order valence-corrected chi connectivity index (χ3v) is 11.9. The first-order valence-electron chi connectivity index (χ1n) is 14.0. The fourth-order valence-electron chi connectivity index (χ4n) is 4.89. The van der Waals surface area contributed by atoms with Crippen LogP contribution < -0.4 is 20.1 Å². The van der Waals surface area contributed by atoms with Gasteiger partial charge in [0.25, 0.3) is 0 Å². The highest BCUT2D eigenvalue weighted by Crippen LogP contribution is 2.45. The van der Waals surface area contributed by atoms with Crippen molar-refractivity contribution in [3.8, 4) is 11.5 Å². The quantitative estimate of drug-likeness (QED) is 0.316. The highest BCUT2D eigenvalue weighted by molar-refractivity contribution is 7.68. The van der Waals surface area contributed by atoms with Crippen LogP contribution in [0.4, 0.5) is 0 Å². The third kappa shape index (κ3) is 7.76. The van der Waals surface area contributed by atoms with Gasteiger partial charge in [-0.25, -0.2) is 0 Å². The van der Waals surface area contributed by atoms with E-state index in [4.69, 9.17) is 9.47 Å². The maximum Gasteiger partial charge on any atom is 0.126 e. The lowest BCUT2D eigenvalue weighted by Crippen LogP contribution is -2.23. The Kier molecular flexibility index (Phi) is 10.3. The molecule has 2 nitrogen and oxygen atoms in total. The summed E-state index contributed by atoms with van der Waals surface area (Å²) in [5, 5.41) is 3.00. The van der Waals surface area contributed by atoms with E-state index in [1.807, 2.05) is 14.2 Å². The molecule has 0 aliphatic carbocycles. The number of benzene rings is 2. The second kappa shape index (κ2) is 11.8. The predicted molar refractivity (Wildman–Crippen MR) is 175 cm³/mol. The lowest BCUT2D eigenvalue weighted by atomic mass is 9.79. The summed E-state index contributed by atoms with van der Waals surface area (Å²) in [6.07, 6.45) is 2.47. The molecule has 0 bridgehead atoms. The van der Waals surface area contributed by atoms with Gasteiger partial charge in [0.2, 0.25) is 0 Å². The SMILES string of the molecule is COc1c(C(C)(C)C)cc(P(C)CCP(C)c2cc(C(C)(C)C)c(OC)c(C(C)(C)C)c2)cc1C(C)(C)C. The lowest BCUT2D eigenvalue weighted by molar-refractivity contribution is 0.381. The smallest absolute Gasteiger partial charge is 0.126 e. The van der Waals surface area contributed by atoms with E-state index in [2.05, 4.69) is 121 Å². The van der Waals surface area contributed by atoms with Crippen molar-refractivity contribution >= 4 is 26.5 Å². The molecule has 0 aromatic heterocycles. The summed E-state index contributed by atoms with van der Waals surface area (Å²) in [6, 6.07) is 9.78. The lowest BCUT2D eigenvalue weighted by Gasteiger charge is -2.32. The molecule has 2 atom stereocenters. The van der Waals surface area contributed by atoms with Crippen LogP contribution in [0.1, 0.15) is 105 Å². The van der Waals surface area contributed by atoms with E-state index in [-0.39, 0.29) is 37.5 Å². The third-order valence-electron chi connectivity index (χ3n) is 7.44. The van der Waals surface area contributed by atoms with E-state index in [9.17, 15) is 0 Å². The molecule has 2 aromatic carbocycles. The van der Waals surface area contributed by atoms with Crippen molar-refractivity contribution in [3.05, 3.63) is 46.5 Å². The molecular weight excluding hydrogens is 502 g/mol. The van der Waals surface area contributed by atoms with Crippen LogP contribution in [0.15, 0.2) is 24.3 Å². The van der Waals surface area contributed by atoms with Gasteiger partial charge in [-0.2, -0.15) is 0 Å². The van der Waals surface area contributed by atoms with Crippen LogP contribution in [0.2, 0.25) is 0 Å². The predicted octanol–water partition coefficient (Wildman–Crippen LogP) is 9.07. The Balaban J connectivity index is 2.47. The Morgan fingerprint density at radius 1 is 0.474 bits per heavy atom. The van der Waals surface area contributed by atoms with Gasteiger partial charge in [-0.1, -0.05) is 98.9 Å². The molecule has 4 heteroatoms. The van der Waals surface area contributed by atoms with E-state index in [0.29, 0.717) is 0 Å². The largest absolute Gasteiger partial charge is 0.496 e. The number of hydrogen-bond donors (Lipinski definition) is 0. The standard InChI is InChI=1S/C34H56O2P2/c1-31(2,3)25-19-23(20-26(29(25)35-13)32(4,5)6)37(15)17-18-38(16)24-21-27(33(7,8)9)30(36-14)28(22-24)34(10,11)12/h19-22H,17-18H2,1-16H3. The molecule has 0 saturated carbocycles. The monoisotopic (exact) mass is 558 g/mol. The highest BCUT2D eigenvalue weighted by atomic mass is 31.1. The summed E-state index contributed by atoms with van der Waals surface area (Å²) in [5.41, 5.74) is 5.45. The summed E-state index contributed by atoms with van der Waals surface area (Å²) in [4.78, 5) is 0. The molecule has 2 unspecified atom stereocenters. The molecule has 0 aliphatic heterocycles. The summed E-state index contributed by atoms with van der Waals surface area (Å²) in [6.45, 7) is 32.5. The van der Waals surface area contributed by atoms with Gasteiger partial charge in [-0.15, -0.1) is 0 Å². The van der Waals surface area contributed by atoms with E-state index in [0.717, 1.165) is 11.5 Å². The van der Waals surface area contributed by atoms with Gasteiger partial charge in [-0.05, 0) is 82.2 Å². The van der Waals surface area contributed by atoms with Crippen LogP contribution in [-0.4, -0.2) is 39.9 Å². The van der Waals surface area contributed by atoms with Crippen LogP contribution in [-0.2, 0) is 21.7 Å². The van der Waals surface area contributed by atoms with Crippen LogP contribution in [0.3, 0.4) is 0 Å². The summed E-state index contributed by atoms with van der Waals surface area (Å²) >= 11 is 0. The molecule has 2 rings (SSSR count). The van der Waals surface area contributed by atoms with E-state index >= 15 is 0 Å². The minimum atomic E-state index is -0.277. The number of ether oxygens (including phenoxy) is 2. The first kappa shape index (κ1) is 33.1. The van der Waals surface area contributed by atoms with Crippen molar-refractivity contribution in [1.82, 2.24) is 0 Å². The van der Waals surface area contributed by atoms with Gasteiger partial charge in [0, 0.05) is 22.3 Å². The summed E-state index contributed by atoms with van der Waals surface area (Å²) in [5.74, 6) is 2.13. The first-order chi connectivity index (χ1) is 17.1. The molecule has 2 aromatic rings. The Hall–Kier alpha value is -1.10. The van der Waals surface area contributed by atoms with Crippen LogP contribution in [0.25, 0.3) is 0 Å². The van der Waals surface area contributed by atoms with E-state index in [1.54, 1.807) is 0 Å². The van der Waals surface area contributed by atoms with Gasteiger partial charge in [0.05, 0.1) is 14.2 Å². The maximum atomic E-state index is 6.02. The second-order valence-corrected chi connectivity index (χ2v) is 19.7. The maximum absolute atomic E-state index is 6.02. The average Bonchev–Trinajstić information content (AvgIpc) is 2.77. The minimum absolute atomic E-state index is 0.0325. The Morgan fingerprint density at radius 3 is 0.842 bits per heavy atom. The average molecular weight is 559 g/mol. The first-order valence-corrected chi connectivity index (χ1v) is 18.0. The Bertz CT molecular complexity index is 946. The van der Waals surface area contributed by atoms with Crippen molar-refractivity contribution in [2.45, 2.75) is 105 Å². The van der Waals surface area contributed by atoms with Gasteiger partial charge < -0.3 is 9.47 Å². The molecule has 0 fully saturated rings. The molecule has 0 heterocycles. The van der Waals surface area contributed by atoms with Gasteiger partial charge in [0.1, 0.15) is 11.5 Å². The fourth-order valence-corrected chi connectivity index (χ4v) is 9.21. The molecule has 0 N–H and O–H groups in total. The van der Waals surface area contributed by atoms with Crippen LogP contribution >= 0.6 is 15.8 Å². The number of methoxy groups -OCH3 is 2. The van der Waals surface area contributed by atoms with Crippen molar-refractivity contribution in [2.24, 2.45) is 0 Å². The van der Waals surface area contributed by atoms with Gasteiger partial charge in [-0.3, -0.25) is 0 Å². The van der Waals surface area contributed by atoms with Crippen molar-refractivity contribution in [3.63, 3.8) is 0 Å². The molecule has 0 radical (unpaired) electrons. The highest BCUT2D eigenvalue weighted by Gasteiger charge is 2.30.